The summed E-state index contributed by atoms with van der Waals surface area (Å²) >= 11 is 1.48. The molecule has 22 heavy (non-hydrogen) atoms. The van der Waals surface area contributed by atoms with Gasteiger partial charge in [0.1, 0.15) is 5.75 Å². The van der Waals surface area contributed by atoms with Gasteiger partial charge < -0.3 is 14.7 Å². The van der Waals surface area contributed by atoms with Crippen molar-refractivity contribution in [3.05, 3.63) is 24.3 Å². The molecule has 0 bridgehead atoms. The number of carbonyl (C=O) groups excluding carboxylic acids is 1. The Labute approximate surface area is 134 Å². The monoisotopic (exact) mass is 323 g/mol. The van der Waals surface area contributed by atoms with Crippen LogP contribution in [-0.2, 0) is 9.59 Å². The molecule has 0 spiro atoms. The molecule has 1 saturated heterocycles. The van der Waals surface area contributed by atoms with Crippen molar-refractivity contribution in [3.63, 3.8) is 0 Å². The summed E-state index contributed by atoms with van der Waals surface area (Å²) in [7, 11) is 1.61. The molecule has 0 saturated carbocycles. The molecule has 1 aromatic carbocycles. The van der Waals surface area contributed by atoms with Gasteiger partial charge in [0.2, 0.25) is 5.91 Å². The predicted octanol–water partition coefficient (Wildman–Crippen LogP) is 2.50. The smallest absolute Gasteiger partial charge is 0.308 e. The fourth-order valence-electron chi connectivity index (χ4n) is 2.72. The van der Waals surface area contributed by atoms with Crippen LogP contribution < -0.4 is 4.74 Å². The van der Waals surface area contributed by atoms with Gasteiger partial charge in [0, 0.05) is 17.5 Å². The van der Waals surface area contributed by atoms with Crippen LogP contribution in [0.1, 0.15) is 20.3 Å². The molecule has 0 radical (unpaired) electrons. The molecule has 3 unspecified atom stereocenters. The predicted molar refractivity (Wildman–Crippen MR) is 85.2 cm³/mol. The van der Waals surface area contributed by atoms with Gasteiger partial charge in [-0.15, -0.1) is 11.8 Å². The second-order valence-corrected chi connectivity index (χ2v) is 6.86. The Morgan fingerprint density at radius 3 is 2.50 bits per heavy atom. The minimum absolute atomic E-state index is 0.00271. The van der Waals surface area contributed by atoms with E-state index in [-0.39, 0.29) is 17.2 Å². The van der Waals surface area contributed by atoms with Crippen molar-refractivity contribution in [2.45, 2.75) is 36.5 Å². The number of hydrogen-bond donors (Lipinski definition) is 1. The Hall–Kier alpha value is -1.69. The lowest BCUT2D eigenvalue weighted by atomic mass is 10.0. The highest BCUT2D eigenvalue weighted by Crippen LogP contribution is 2.30. The first-order chi connectivity index (χ1) is 10.4. The molecule has 3 atom stereocenters. The molecular formula is C16H21NO4S. The van der Waals surface area contributed by atoms with Crippen molar-refractivity contribution in [1.82, 2.24) is 4.90 Å². The molecule has 1 amide bonds. The highest BCUT2D eigenvalue weighted by atomic mass is 32.2. The number of carboxylic acid groups (broad SMARTS) is 1. The minimum Gasteiger partial charge on any atom is -0.497 e. The Morgan fingerprint density at radius 2 is 2.00 bits per heavy atom. The number of thioether (sulfide) groups is 1. The number of carbonyl (C=O) groups is 2. The standard InChI is InChI=1S/C16H21NO4S/c1-10-14(16(19)20)8-9-17(10)15(18)11(2)22-13-6-4-12(21-3)5-7-13/h4-7,10-11,14H,8-9H2,1-3H3,(H,19,20). The number of methoxy groups -OCH3 is 1. The van der Waals surface area contributed by atoms with Gasteiger partial charge in [0.15, 0.2) is 0 Å². The largest absolute Gasteiger partial charge is 0.497 e. The maximum atomic E-state index is 12.5. The lowest BCUT2D eigenvalue weighted by Gasteiger charge is -2.26. The number of carboxylic acids is 1. The molecule has 6 heteroatoms. The number of benzene rings is 1. The first-order valence-corrected chi connectivity index (χ1v) is 8.16. The van der Waals surface area contributed by atoms with E-state index in [1.54, 1.807) is 12.0 Å². The van der Waals surface area contributed by atoms with E-state index in [2.05, 4.69) is 0 Å². The Morgan fingerprint density at radius 1 is 1.36 bits per heavy atom. The van der Waals surface area contributed by atoms with Crippen LogP contribution in [0.4, 0.5) is 0 Å². The fraction of sp³-hybridized carbons (Fsp3) is 0.500. The van der Waals surface area contributed by atoms with Gasteiger partial charge in [0.25, 0.3) is 0 Å². The van der Waals surface area contributed by atoms with Crippen LogP contribution in [0.2, 0.25) is 0 Å². The van der Waals surface area contributed by atoms with E-state index in [9.17, 15) is 9.59 Å². The lowest BCUT2D eigenvalue weighted by Crippen LogP contribution is -2.41. The molecule has 1 N–H and O–H groups in total. The molecule has 5 nitrogen and oxygen atoms in total. The summed E-state index contributed by atoms with van der Waals surface area (Å²) in [6.45, 7) is 4.19. The third-order valence-electron chi connectivity index (χ3n) is 4.08. The summed E-state index contributed by atoms with van der Waals surface area (Å²) in [4.78, 5) is 26.4. The molecule has 0 aliphatic carbocycles. The second kappa shape index (κ2) is 7.05. The van der Waals surface area contributed by atoms with E-state index in [4.69, 9.17) is 9.84 Å². The number of nitrogens with zero attached hydrogens (tertiary/aromatic N) is 1. The maximum Gasteiger partial charge on any atom is 0.308 e. The van der Waals surface area contributed by atoms with Crippen LogP contribution in [-0.4, -0.2) is 46.8 Å². The van der Waals surface area contributed by atoms with Crippen molar-refractivity contribution in [2.75, 3.05) is 13.7 Å². The van der Waals surface area contributed by atoms with Crippen molar-refractivity contribution >= 4 is 23.6 Å². The second-order valence-electron chi connectivity index (χ2n) is 5.44. The van der Waals surface area contributed by atoms with Crippen molar-refractivity contribution in [3.8, 4) is 5.75 Å². The number of rotatable bonds is 5. The van der Waals surface area contributed by atoms with Gasteiger partial charge in [0.05, 0.1) is 18.3 Å². The summed E-state index contributed by atoms with van der Waals surface area (Å²) in [5, 5.41) is 8.90. The fourth-order valence-corrected chi connectivity index (χ4v) is 3.66. The van der Waals surface area contributed by atoms with Crippen molar-refractivity contribution < 1.29 is 19.4 Å². The summed E-state index contributed by atoms with van der Waals surface area (Å²) < 4.78 is 5.11. The summed E-state index contributed by atoms with van der Waals surface area (Å²) in [6, 6.07) is 7.31. The van der Waals surface area contributed by atoms with E-state index in [0.29, 0.717) is 13.0 Å². The van der Waals surface area contributed by atoms with E-state index in [0.717, 1.165) is 10.6 Å². The van der Waals surface area contributed by atoms with Crippen molar-refractivity contribution in [2.24, 2.45) is 5.92 Å². The Balaban J connectivity index is 1.98. The van der Waals surface area contributed by atoms with Gasteiger partial charge in [-0.05, 0) is 44.5 Å². The van der Waals surface area contributed by atoms with Crippen LogP contribution in [0.25, 0.3) is 0 Å². The van der Waals surface area contributed by atoms with Crippen LogP contribution in [0.3, 0.4) is 0 Å². The van der Waals surface area contributed by atoms with E-state index >= 15 is 0 Å². The van der Waals surface area contributed by atoms with Gasteiger partial charge in [-0.1, -0.05) is 0 Å². The Bertz CT molecular complexity index is 546. The first-order valence-electron chi connectivity index (χ1n) is 7.28. The van der Waals surface area contributed by atoms with Gasteiger partial charge >= 0.3 is 5.97 Å². The molecular weight excluding hydrogens is 302 g/mol. The quantitative estimate of drug-likeness (QED) is 0.843. The van der Waals surface area contributed by atoms with Crippen LogP contribution >= 0.6 is 11.8 Å². The molecule has 1 fully saturated rings. The molecule has 0 aromatic heterocycles. The van der Waals surface area contributed by atoms with Crippen molar-refractivity contribution in [1.29, 1.82) is 0 Å². The van der Waals surface area contributed by atoms with E-state index < -0.39 is 11.9 Å². The molecule has 1 aromatic rings. The number of ether oxygens (including phenoxy) is 1. The van der Waals surface area contributed by atoms with Gasteiger partial charge in [-0.2, -0.15) is 0 Å². The zero-order valence-corrected chi connectivity index (χ0v) is 13.8. The average Bonchev–Trinajstić information content (AvgIpc) is 2.89. The number of hydrogen-bond acceptors (Lipinski definition) is 4. The highest BCUT2D eigenvalue weighted by Gasteiger charge is 2.39. The van der Waals surface area contributed by atoms with Gasteiger partial charge in [-0.3, -0.25) is 9.59 Å². The zero-order chi connectivity index (χ0) is 16.3. The van der Waals surface area contributed by atoms with Crippen LogP contribution in [0.5, 0.6) is 5.75 Å². The normalized spacial score (nSPS) is 22.4. The lowest BCUT2D eigenvalue weighted by molar-refractivity contribution is -0.143. The average molecular weight is 323 g/mol. The third-order valence-corrected chi connectivity index (χ3v) is 5.17. The van der Waals surface area contributed by atoms with E-state index in [1.165, 1.54) is 11.8 Å². The molecule has 1 aliphatic heterocycles. The van der Waals surface area contributed by atoms with E-state index in [1.807, 2.05) is 38.1 Å². The van der Waals surface area contributed by atoms with Crippen LogP contribution in [0.15, 0.2) is 29.2 Å². The molecule has 120 valence electrons. The maximum absolute atomic E-state index is 12.5. The molecule has 2 rings (SSSR count). The number of likely N-dealkylation sites (tertiary alicyclic amines) is 1. The first kappa shape index (κ1) is 16.7. The van der Waals surface area contributed by atoms with Crippen LogP contribution in [0, 0.1) is 5.92 Å². The molecule has 1 aliphatic rings. The summed E-state index contributed by atoms with van der Waals surface area (Å²) in [5.74, 6) is -0.502. The third kappa shape index (κ3) is 3.55. The summed E-state index contributed by atoms with van der Waals surface area (Å²) in [5.41, 5.74) is 0. The highest BCUT2D eigenvalue weighted by molar-refractivity contribution is 8.00. The van der Waals surface area contributed by atoms with Gasteiger partial charge in [-0.25, -0.2) is 0 Å². The SMILES string of the molecule is COc1ccc(SC(C)C(=O)N2CCC(C(=O)O)C2C)cc1. The Kier molecular flexibility index (Phi) is 5.34. The zero-order valence-electron chi connectivity index (χ0n) is 13.0. The summed E-state index contributed by atoms with van der Waals surface area (Å²) in [6.07, 6.45) is 0.530. The topological polar surface area (TPSA) is 66.8 Å². The molecule has 1 heterocycles. The number of amides is 1. The minimum atomic E-state index is -0.821. The number of aliphatic carboxylic acids is 1.